The summed E-state index contributed by atoms with van der Waals surface area (Å²) in [5.41, 5.74) is 1.75. The van der Waals surface area contributed by atoms with Crippen LogP contribution >= 0.6 is 11.6 Å². The normalized spacial score (nSPS) is 22.2. The Hall–Kier alpha value is -2.73. The number of carbonyl (C=O) groups excluding carboxylic acids is 2. The smallest absolute Gasteiger partial charge is 0.250 e. The molecule has 5 rings (SSSR count). The van der Waals surface area contributed by atoms with Gasteiger partial charge in [0.1, 0.15) is 6.04 Å². The van der Waals surface area contributed by atoms with Gasteiger partial charge in [0.05, 0.1) is 16.8 Å². The molecule has 0 radical (unpaired) electrons. The number of aryl methyl sites for hydroxylation is 1. The highest BCUT2D eigenvalue weighted by Gasteiger charge is 2.51. The highest BCUT2D eigenvalue weighted by Crippen LogP contribution is 2.39. The fourth-order valence-corrected chi connectivity index (χ4v) is 4.53. The summed E-state index contributed by atoms with van der Waals surface area (Å²) in [5, 5.41) is 0.559. The van der Waals surface area contributed by atoms with Crippen molar-refractivity contribution in [3.8, 4) is 11.5 Å². The van der Waals surface area contributed by atoms with Crippen molar-refractivity contribution < 1.29 is 19.1 Å². The summed E-state index contributed by atoms with van der Waals surface area (Å²) in [6.45, 7) is 0.792. The Morgan fingerprint density at radius 1 is 1.14 bits per heavy atom. The predicted octanol–water partition coefficient (Wildman–Crippen LogP) is 3.02. The molecule has 2 atom stereocenters. The SMILES string of the molecule is O=C(CCc1ccc2c(c1)OCO2)N1C[C@@H]2C[C@H]1C(=O)N2c1ccccc1Cl. The Balaban J connectivity index is 1.25. The van der Waals surface area contributed by atoms with Crippen molar-refractivity contribution in [2.45, 2.75) is 31.3 Å². The van der Waals surface area contributed by atoms with Gasteiger partial charge in [-0.05, 0) is 42.7 Å². The molecule has 6 nitrogen and oxygen atoms in total. The minimum absolute atomic E-state index is 0.00751. The number of halogens is 1. The third-order valence-electron chi connectivity index (χ3n) is 5.66. The molecule has 0 N–H and O–H groups in total. The lowest BCUT2D eigenvalue weighted by Crippen LogP contribution is -2.52. The molecule has 0 aromatic heterocycles. The van der Waals surface area contributed by atoms with E-state index in [9.17, 15) is 9.59 Å². The van der Waals surface area contributed by atoms with E-state index in [1.807, 2.05) is 36.4 Å². The van der Waals surface area contributed by atoms with Crippen LogP contribution < -0.4 is 14.4 Å². The Labute approximate surface area is 167 Å². The van der Waals surface area contributed by atoms with Gasteiger partial charge in [0.2, 0.25) is 18.6 Å². The molecule has 2 aromatic rings. The number of para-hydroxylation sites is 1. The molecule has 3 aliphatic rings. The van der Waals surface area contributed by atoms with Crippen molar-refractivity contribution in [1.82, 2.24) is 4.90 Å². The fourth-order valence-electron chi connectivity index (χ4n) is 4.30. The Kier molecular flexibility index (Phi) is 4.16. The van der Waals surface area contributed by atoms with Gasteiger partial charge in [-0.2, -0.15) is 0 Å². The van der Waals surface area contributed by atoms with Gasteiger partial charge >= 0.3 is 0 Å². The lowest BCUT2D eigenvalue weighted by molar-refractivity contribution is -0.138. The van der Waals surface area contributed by atoms with Crippen LogP contribution in [0.15, 0.2) is 42.5 Å². The number of benzene rings is 2. The highest BCUT2D eigenvalue weighted by molar-refractivity contribution is 6.34. The molecule has 2 fully saturated rings. The van der Waals surface area contributed by atoms with E-state index < -0.39 is 0 Å². The molecule has 2 bridgehead atoms. The molecule has 2 saturated heterocycles. The Bertz CT molecular complexity index is 963. The number of fused-ring (bicyclic) bond motifs is 3. The standard InChI is InChI=1S/C21H19ClN2O4/c22-15-3-1-2-4-16(15)24-14-10-17(21(24)26)23(11-14)20(25)8-6-13-5-7-18-19(9-13)28-12-27-18/h1-5,7,9,14,17H,6,8,10-12H2/t14-,17-/m0/s1. The van der Waals surface area contributed by atoms with E-state index in [1.165, 1.54) is 0 Å². The first-order valence-corrected chi connectivity index (χ1v) is 9.75. The van der Waals surface area contributed by atoms with Crippen molar-refractivity contribution >= 4 is 29.1 Å². The van der Waals surface area contributed by atoms with E-state index in [-0.39, 0.29) is 30.7 Å². The topological polar surface area (TPSA) is 59.1 Å². The van der Waals surface area contributed by atoms with E-state index >= 15 is 0 Å². The molecule has 3 aliphatic heterocycles. The van der Waals surface area contributed by atoms with Crippen molar-refractivity contribution in [2.75, 3.05) is 18.2 Å². The van der Waals surface area contributed by atoms with Crippen LogP contribution in [0.25, 0.3) is 0 Å². The lowest BCUT2D eigenvalue weighted by Gasteiger charge is -2.34. The maximum Gasteiger partial charge on any atom is 0.250 e. The summed E-state index contributed by atoms with van der Waals surface area (Å²) in [4.78, 5) is 29.1. The largest absolute Gasteiger partial charge is 0.454 e. The maximum absolute atomic E-state index is 12.9. The summed E-state index contributed by atoms with van der Waals surface area (Å²) in [6.07, 6.45) is 1.63. The third-order valence-corrected chi connectivity index (χ3v) is 5.98. The van der Waals surface area contributed by atoms with Gasteiger partial charge in [0.25, 0.3) is 0 Å². The average molecular weight is 399 g/mol. The van der Waals surface area contributed by atoms with Gasteiger partial charge in [-0.25, -0.2) is 0 Å². The van der Waals surface area contributed by atoms with Gasteiger partial charge in [0.15, 0.2) is 11.5 Å². The van der Waals surface area contributed by atoms with E-state index in [0.29, 0.717) is 30.8 Å². The van der Waals surface area contributed by atoms with Crippen LogP contribution in [0, 0.1) is 0 Å². The number of anilines is 1. The van der Waals surface area contributed by atoms with Gasteiger partial charge in [-0.15, -0.1) is 0 Å². The number of amides is 2. The van der Waals surface area contributed by atoms with E-state index in [1.54, 1.807) is 15.9 Å². The summed E-state index contributed by atoms with van der Waals surface area (Å²) >= 11 is 6.27. The third kappa shape index (κ3) is 2.79. The van der Waals surface area contributed by atoms with Crippen LogP contribution in [0.3, 0.4) is 0 Å². The molecule has 0 saturated carbocycles. The molecule has 2 aromatic carbocycles. The first kappa shape index (κ1) is 17.4. The monoisotopic (exact) mass is 398 g/mol. The van der Waals surface area contributed by atoms with Gasteiger partial charge in [-0.1, -0.05) is 29.8 Å². The van der Waals surface area contributed by atoms with E-state index in [4.69, 9.17) is 21.1 Å². The molecule has 0 spiro atoms. The van der Waals surface area contributed by atoms with Crippen molar-refractivity contribution in [3.05, 3.63) is 53.1 Å². The number of hydrogen-bond donors (Lipinski definition) is 0. The summed E-state index contributed by atoms with van der Waals surface area (Å²) in [7, 11) is 0. The first-order valence-electron chi connectivity index (χ1n) is 9.37. The van der Waals surface area contributed by atoms with Crippen molar-refractivity contribution in [3.63, 3.8) is 0 Å². The number of carbonyl (C=O) groups is 2. The second-order valence-corrected chi connectivity index (χ2v) is 7.71. The van der Waals surface area contributed by atoms with E-state index in [0.717, 1.165) is 22.7 Å². The zero-order chi connectivity index (χ0) is 19.3. The number of rotatable bonds is 4. The minimum Gasteiger partial charge on any atom is -0.454 e. The Morgan fingerprint density at radius 3 is 2.79 bits per heavy atom. The number of piperazine rings is 1. The van der Waals surface area contributed by atoms with Crippen LogP contribution in [0.1, 0.15) is 18.4 Å². The number of likely N-dealkylation sites (tertiary alicyclic amines) is 1. The van der Waals surface area contributed by atoms with E-state index in [2.05, 4.69) is 0 Å². The molecular formula is C21H19ClN2O4. The molecule has 28 heavy (non-hydrogen) atoms. The first-order chi connectivity index (χ1) is 13.6. The van der Waals surface area contributed by atoms with Crippen LogP contribution in [0.4, 0.5) is 5.69 Å². The van der Waals surface area contributed by atoms with Crippen LogP contribution in [-0.4, -0.2) is 42.1 Å². The molecule has 0 unspecified atom stereocenters. The zero-order valence-corrected chi connectivity index (χ0v) is 15.9. The molecule has 2 amide bonds. The molecule has 144 valence electrons. The van der Waals surface area contributed by atoms with Crippen molar-refractivity contribution in [1.29, 1.82) is 0 Å². The van der Waals surface area contributed by atoms with Gasteiger partial charge in [0, 0.05) is 13.0 Å². The average Bonchev–Trinajstić information content (AvgIpc) is 3.41. The molecule has 0 aliphatic carbocycles. The molecule has 3 heterocycles. The Morgan fingerprint density at radius 2 is 1.96 bits per heavy atom. The fraction of sp³-hybridized carbons (Fsp3) is 0.333. The number of nitrogens with zero attached hydrogens (tertiary/aromatic N) is 2. The highest BCUT2D eigenvalue weighted by atomic mass is 35.5. The van der Waals surface area contributed by atoms with Crippen molar-refractivity contribution in [2.24, 2.45) is 0 Å². The maximum atomic E-state index is 12.9. The zero-order valence-electron chi connectivity index (χ0n) is 15.1. The van der Waals surface area contributed by atoms with Crippen LogP contribution in [0.5, 0.6) is 11.5 Å². The minimum atomic E-state index is -0.384. The lowest BCUT2D eigenvalue weighted by atomic mass is 10.1. The van der Waals surface area contributed by atoms with Crippen LogP contribution in [-0.2, 0) is 16.0 Å². The number of hydrogen-bond acceptors (Lipinski definition) is 4. The second kappa shape index (κ2) is 6.71. The molecular weight excluding hydrogens is 380 g/mol. The quantitative estimate of drug-likeness (QED) is 0.794. The summed E-state index contributed by atoms with van der Waals surface area (Å²) < 4.78 is 10.7. The van der Waals surface area contributed by atoms with Gasteiger partial charge in [-0.3, -0.25) is 9.59 Å². The summed E-state index contributed by atoms with van der Waals surface area (Å²) in [5.74, 6) is 1.42. The number of ether oxygens (including phenoxy) is 2. The van der Waals surface area contributed by atoms with Crippen LogP contribution in [0.2, 0.25) is 5.02 Å². The van der Waals surface area contributed by atoms with Gasteiger partial charge < -0.3 is 19.3 Å². The second-order valence-electron chi connectivity index (χ2n) is 7.30. The molecule has 7 heteroatoms. The summed E-state index contributed by atoms with van der Waals surface area (Å²) in [6, 6.07) is 12.7. The predicted molar refractivity (Wildman–Crippen MR) is 104 cm³/mol.